The number of thiazole rings is 1. The van der Waals surface area contributed by atoms with E-state index in [9.17, 15) is 4.79 Å². The van der Waals surface area contributed by atoms with Crippen molar-refractivity contribution < 1.29 is 9.53 Å². The number of likely N-dealkylation sites (tertiary alicyclic amines) is 1. The molecule has 0 saturated carbocycles. The van der Waals surface area contributed by atoms with Crippen LogP contribution in [0.15, 0.2) is 10.9 Å². The van der Waals surface area contributed by atoms with Gasteiger partial charge in [-0.25, -0.2) is 9.78 Å². The minimum atomic E-state index is -0.490. The molecule has 6 heteroatoms. The number of carbonyl (C=O) groups excluding carboxylic acids is 1. The van der Waals surface area contributed by atoms with E-state index in [1.807, 2.05) is 26.2 Å². The van der Waals surface area contributed by atoms with Gasteiger partial charge in [0.1, 0.15) is 5.60 Å². The average Bonchev–Trinajstić information content (AvgIpc) is 2.82. The summed E-state index contributed by atoms with van der Waals surface area (Å²) in [6.45, 7) is 6.20. The first-order valence-corrected chi connectivity index (χ1v) is 6.96. The highest BCUT2D eigenvalue weighted by Gasteiger charge is 2.39. The van der Waals surface area contributed by atoms with Gasteiger partial charge in [0.05, 0.1) is 17.2 Å². The summed E-state index contributed by atoms with van der Waals surface area (Å²) < 4.78 is 5.41. The second-order valence-corrected chi connectivity index (χ2v) is 6.20. The van der Waals surface area contributed by atoms with Gasteiger partial charge in [0, 0.05) is 18.0 Å². The van der Waals surface area contributed by atoms with Gasteiger partial charge in [0.2, 0.25) is 0 Å². The van der Waals surface area contributed by atoms with E-state index in [1.165, 1.54) is 11.3 Å². The Morgan fingerprint density at radius 2 is 2.33 bits per heavy atom. The Kier molecular flexibility index (Phi) is 3.59. The predicted octanol–water partition coefficient (Wildman–Crippen LogP) is 2.15. The Morgan fingerprint density at radius 3 is 2.89 bits per heavy atom. The molecule has 1 saturated heterocycles. The summed E-state index contributed by atoms with van der Waals surface area (Å²) in [6.07, 6.45) is 0.468. The minimum Gasteiger partial charge on any atom is -0.444 e. The molecule has 100 valence electrons. The van der Waals surface area contributed by atoms with Crippen LogP contribution in [0.25, 0.3) is 0 Å². The van der Waals surface area contributed by atoms with Gasteiger partial charge in [-0.15, -0.1) is 11.3 Å². The molecule has 5 nitrogen and oxygen atoms in total. The summed E-state index contributed by atoms with van der Waals surface area (Å²) in [4.78, 5) is 18.1. The van der Waals surface area contributed by atoms with Gasteiger partial charge in [-0.3, -0.25) is 4.90 Å². The second kappa shape index (κ2) is 4.85. The average molecular weight is 269 g/mol. The number of amides is 1. The fourth-order valence-electron chi connectivity index (χ4n) is 2.09. The van der Waals surface area contributed by atoms with Crippen LogP contribution >= 0.6 is 11.3 Å². The lowest BCUT2D eigenvalue weighted by Gasteiger charge is -2.28. The van der Waals surface area contributed by atoms with Gasteiger partial charge in [0.25, 0.3) is 0 Å². The molecule has 1 amide bonds. The van der Waals surface area contributed by atoms with Crippen LogP contribution in [0.5, 0.6) is 0 Å². The normalized spacial score (nSPS) is 24.3. The topological polar surface area (TPSA) is 68.5 Å². The van der Waals surface area contributed by atoms with Gasteiger partial charge in [0.15, 0.2) is 0 Å². The molecule has 0 radical (unpaired) electrons. The van der Waals surface area contributed by atoms with E-state index in [0.29, 0.717) is 6.54 Å². The molecular formula is C12H19N3O2S. The minimum absolute atomic E-state index is 0.0698. The Bertz CT molecular complexity index is 413. The summed E-state index contributed by atoms with van der Waals surface area (Å²) in [5.41, 5.74) is 8.20. The van der Waals surface area contributed by atoms with Crippen LogP contribution in [0, 0.1) is 0 Å². The lowest BCUT2D eigenvalue weighted by Crippen LogP contribution is -2.39. The van der Waals surface area contributed by atoms with E-state index in [4.69, 9.17) is 10.5 Å². The molecular weight excluding hydrogens is 250 g/mol. The molecule has 0 aromatic carbocycles. The highest BCUT2D eigenvalue weighted by atomic mass is 32.1. The van der Waals surface area contributed by atoms with E-state index >= 15 is 0 Å². The first kappa shape index (κ1) is 13.3. The van der Waals surface area contributed by atoms with E-state index in [0.717, 1.165) is 12.1 Å². The maximum absolute atomic E-state index is 12.1. The first-order valence-electron chi connectivity index (χ1n) is 6.02. The third-order valence-electron chi connectivity index (χ3n) is 2.83. The van der Waals surface area contributed by atoms with Crippen molar-refractivity contribution in [1.29, 1.82) is 0 Å². The second-order valence-electron chi connectivity index (χ2n) is 5.48. The van der Waals surface area contributed by atoms with E-state index in [2.05, 4.69) is 4.98 Å². The number of rotatable bonds is 1. The standard InChI is InChI=1S/C12H19N3O2S/c1-12(2,3)17-11(16)15-5-4-8(13)10(15)9-6-18-7-14-9/h6-8,10H,4-5,13H2,1-3H3/t8-,10-/m1/s1. The number of hydrogen-bond donors (Lipinski definition) is 1. The van der Waals surface area contributed by atoms with E-state index in [-0.39, 0.29) is 18.2 Å². The van der Waals surface area contributed by atoms with Gasteiger partial charge in [-0.05, 0) is 27.2 Å². The highest BCUT2D eigenvalue weighted by Crippen LogP contribution is 2.32. The van der Waals surface area contributed by atoms with Gasteiger partial charge < -0.3 is 10.5 Å². The molecule has 0 aliphatic carbocycles. The third kappa shape index (κ3) is 2.81. The molecule has 1 aromatic heterocycles. The lowest BCUT2D eigenvalue weighted by molar-refractivity contribution is 0.0215. The monoisotopic (exact) mass is 269 g/mol. The van der Waals surface area contributed by atoms with Crippen molar-refractivity contribution in [2.45, 2.75) is 44.9 Å². The largest absolute Gasteiger partial charge is 0.444 e. The third-order valence-corrected chi connectivity index (χ3v) is 3.43. The molecule has 0 bridgehead atoms. The molecule has 2 N–H and O–H groups in total. The number of nitrogens with two attached hydrogens (primary N) is 1. The van der Waals surface area contributed by atoms with Gasteiger partial charge in [-0.2, -0.15) is 0 Å². The Morgan fingerprint density at radius 1 is 1.61 bits per heavy atom. The van der Waals surface area contributed by atoms with Crippen LogP contribution < -0.4 is 5.73 Å². The molecule has 2 rings (SSSR count). The Labute approximate surface area is 111 Å². The number of hydrogen-bond acceptors (Lipinski definition) is 5. The summed E-state index contributed by atoms with van der Waals surface area (Å²) in [5, 5.41) is 1.94. The molecule has 1 aliphatic heterocycles. The Hall–Kier alpha value is -1.14. The molecule has 1 aromatic rings. The van der Waals surface area contributed by atoms with Crippen molar-refractivity contribution in [3.05, 3.63) is 16.6 Å². The molecule has 1 aliphatic rings. The van der Waals surface area contributed by atoms with E-state index in [1.54, 1.807) is 10.4 Å². The summed E-state index contributed by atoms with van der Waals surface area (Å²) >= 11 is 1.51. The molecule has 0 spiro atoms. The lowest BCUT2D eigenvalue weighted by atomic mass is 10.1. The van der Waals surface area contributed by atoms with Crippen molar-refractivity contribution in [2.75, 3.05) is 6.54 Å². The number of nitrogens with zero attached hydrogens (tertiary/aromatic N) is 2. The van der Waals surface area contributed by atoms with Crippen molar-refractivity contribution in [1.82, 2.24) is 9.88 Å². The highest BCUT2D eigenvalue weighted by molar-refractivity contribution is 7.07. The SMILES string of the molecule is CC(C)(C)OC(=O)N1CC[C@@H](N)[C@@H]1c1cscn1. The molecule has 0 unspecified atom stereocenters. The summed E-state index contributed by atoms with van der Waals surface area (Å²) in [7, 11) is 0. The number of carbonyl (C=O) groups is 1. The molecule has 18 heavy (non-hydrogen) atoms. The van der Waals surface area contributed by atoms with Crippen LogP contribution in [0.3, 0.4) is 0 Å². The zero-order chi connectivity index (χ0) is 13.3. The Balaban J connectivity index is 2.15. The zero-order valence-electron chi connectivity index (χ0n) is 10.9. The molecule has 2 atom stereocenters. The van der Waals surface area contributed by atoms with Crippen LogP contribution in [0.2, 0.25) is 0 Å². The predicted molar refractivity (Wildman–Crippen MR) is 70.4 cm³/mol. The maximum Gasteiger partial charge on any atom is 0.410 e. The van der Waals surface area contributed by atoms with Crippen LogP contribution in [-0.2, 0) is 4.74 Å². The molecule has 1 fully saturated rings. The first-order chi connectivity index (χ1) is 8.38. The van der Waals surface area contributed by atoms with Crippen molar-refractivity contribution in [3.63, 3.8) is 0 Å². The fraction of sp³-hybridized carbons (Fsp3) is 0.667. The number of aromatic nitrogens is 1. The summed E-state index contributed by atoms with van der Waals surface area (Å²) in [6, 6.07) is -0.231. The van der Waals surface area contributed by atoms with Gasteiger partial charge >= 0.3 is 6.09 Å². The molecule has 2 heterocycles. The van der Waals surface area contributed by atoms with Crippen molar-refractivity contribution >= 4 is 17.4 Å². The van der Waals surface area contributed by atoms with Crippen LogP contribution in [-0.4, -0.2) is 34.2 Å². The fourth-order valence-corrected chi connectivity index (χ4v) is 2.67. The quantitative estimate of drug-likeness (QED) is 0.848. The number of ether oxygens (including phenoxy) is 1. The van der Waals surface area contributed by atoms with E-state index < -0.39 is 5.60 Å². The smallest absolute Gasteiger partial charge is 0.410 e. The van der Waals surface area contributed by atoms with Crippen LogP contribution in [0.1, 0.15) is 38.9 Å². The van der Waals surface area contributed by atoms with Crippen molar-refractivity contribution in [3.8, 4) is 0 Å². The van der Waals surface area contributed by atoms with Crippen molar-refractivity contribution in [2.24, 2.45) is 5.73 Å². The maximum atomic E-state index is 12.1. The zero-order valence-corrected chi connectivity index (χ0v) is 11.7. The van der Waals surface area contributed by atoms with Crippen LogP contribution in [0.4, 0.5) is 4.79 Å². The van der Waals surface area contributed by atoms with Gasteiger partial charge in [-0.1, -0.05) is 0 Å². The summed E-state index contributed by atoms with van der Waals surface area (Å²) in [5.74, 6) is 0.